The summed E-state index contributed by atoms with van der Waals surface area (Å²) in [7, 11) is 0. The van der Waals surface area contributed by atoms with Gasteiger partial charge in [0.15, 0.2) is 0 Å². The van der Waals surface area contributed by atoms with Crippen LogP contribution in [0.15, 0.2) is 40.9 Å². The van der Waals surface area contributed by atoms with Crippen LogP contribution in [0.2, 0.25) is 10.0 Å². The van der Waals surface area contributed by atoms with Gasteiger partial charge in [0.05, 0.1) is 21.7 Å². The molecule has 0 unspecified atom stereocenters. The molecule has 23 heavy (non-hydrogen) atoms. The molecule has 0 amide bonds. The van der Waals surface area contributed by atoms with E-state index >= 15 is 0 Å². The van der Waals surface area contributed by atoms with Crippen LogP contribution in [0, 0.1) is 0 Å². The molecule has 2 aromatic rings. The fourth-order valence-electron chi connectivity index (χ4n) is 1.79. The molecule has 0 spiro atoms. The molecule has 0 atom stereocenters. The number of rotatable bonds is 6. The van der Waals surface area contributed by atoms with Gasteiger partial charge in [-0.05, 0) is 58.7 Å². The lowest BCUT2D eigenvalue weighted by Gasteiger charge is -2.10. The molecule has 0 saturated carbocycles. The van der Waals surface area contributed by atoms with Crippen LogP contribution in [0.3, 0.4) is 0 Å². The second-order valence-corrected chi connectivity index (χ2v) is 6.51. The first-order chi connectivity index (χ1) is 11.0. The summed E-state index contributed by atoms with van der Waals surface area (Å²) in [5, 5.41) is 0.760. The maximum atomic E-state index is 12.2. The minimum atomic E-state index is -0.505. The van der Waals surface area contributed by atoms with E-state index < -0.39 is 5.97 Å². The normalized spacial score (nSPS) is 10.4. The minimum Gasteiger partial charge on any atom is -0.492 e. The highest BCUT2D eigenvalue weighted by atomic mass is 79.9. The third kappa shape index (κ3) is 5.13. The summed E-state index contributed by atoms with van der Waals surface area (Å²) in [6.07, 6.45) is 2.04. The van der Waals surface area contributed by atoms with Crippen LogP contribution >= 0.6 is 39.1 Å². The number of hydrogen-bond acceptors (Lipinski definition) is 3. The van der Waals surface area contributed by atoms with E-state index in [1.54, 1.807) is 30.3 Å². The Morgan fingerprint density at radius 1 is 1.13 bits per heavy atom. The molecule has 0 radical (unpaired) electrons. The summed E-state index contributed by atoms with van der Waals surface area (Å²) in [6.45, 7) is 2.73. The van der Waals surface area contributed by atoms with Crippen LogP contribution in [-0.4, -0.2) is 12.6 Å². The van der Waals surface area contributed by atoms with Crippen molar-refractivity contribution in [3.8, 4) is 11.5 Å². The van der Waals surface area contributed by atoms with Crippen molar-refractivity contribution in [1.29, 1.82) is 0 Å². The predicted octanol–water partition coefficient (Wildman–Crippen LogP) is 6.15. The van der Waals surface area contributed by atoms with Gasteiger partial charge in [0.1, 0.15) is 11.5 Å². The smallest absolute Gasteiger partial charge is 0.343 e. The summed E-state index contributed by atoms with van der Waals surface area (Å²) < 4.78 is 11.6. The van der Waals surface area contributed by atoms with Gasteiger partial charge in [-0.15, -0.1) is 0 Å². The van der Waals surface area contributed by atoms with Crippen molar-refractivity contribution in [3.05, 3.63) is 56.5 Å². The highest BCUT2D eigenvalue weighted by Gasteiger charge is 2.13. The largest absolute Gasteiger partial charge is 0.492 e. The topological polar surface area (TPSA) is 35.5 Å². The number of ether oxygens (including phenoxy) is 2. The van der Waals surface area contributed by atoms with Crippen LogP contribution in [0.1, 0.15) is 30.1 Å². The van der Waals surface area contributed by atoms with Gasteiger partial charge in [0, 0.05) is 5.02 Å². The van der Waals surface area contributed by atoms with Gasteiger partial charge in [0.25, 0.3) is 0 Å². The number of benzene rings is 2. The van der Waals surface area contributed by atoms with E-state index in [1.165, 1.54) is 6.07 Å². The molecule has 122 valence electrons. The maximum Gasteiger partial charge on any atom is 0.343 e. The Balaban J connectivity index is 2.09. The molecule has 0 aromatic heterocycles. The van der Waals surface area contributed by atoms with E-state index in [2.05, 4.69) is 22.9 Å². The van der Waals surface area contributed by atoms with Crippen molar-refractivity contribution < 1.29 is 14.3 Å². The first-order valence-corrected chi connectivity index (χ1v) is 8.65. The number of unbranched alkanes of at least 4 members (excludes halogenated alkanes) is 1. The van der Waals surface area contributed by atoms with Crippen molar-refractivity contribution in [2.75, 3.05) is 6.61 Å². The SMILES string of the molecule is CCCCOc1ccc(C(=O)Oc2ccc(Cl)cc2Cl)cc1Br. The maximum absolute atomic E-state index is 12.2. The zero-order chi connectivity index (χ0) is 16.8. The average Bonchev–Trinajstić information content (AvgIpc) is 2.51. The summed E-state index contributed by atoms with van der Waals surface area (Å²) in [5.41, 5.74) is 0.394. The monoisotopic (exact) mass is 416 g/mol. The van der Waals surface area contributed by atoms with Crippen LogP contribution in [0.5, 0.6) is 11.5 Å². The van der Waals surface area contributed by atoms with Gasteiger partial charge in [0.2, 0.25) is 0 Å². The van der Waals surface area contributed by atoms with Crippen LogP contribution in [0.25, 0.3) is 0 Å². The molecule has 0 fully saturated rings. The molecule has 0 aliphatic heterocycles. The Morgan fingerprint density at radius 2 is 1.87 bits per heavy atom. The van der Waals surface area contributed by atoms with E-state index in [-0.39, 0.29) is 10.8 Å². The molecule has 2 aromatic carbocycles. The minimum absolute atomic E-state index is 0.264. The van der Waals surface area contributed by atoms with Crippen molar-refractivity contribution >= 4 is 45.1 Å². The number of carbonyl (C=O) groups is 1. The van der Waals surface area contributed by atoms with Crippen molar-refractivity contribution in [2.45, 2.75) is 19.8 Å². The molecule has 0 heterocycles. The van der Waals surface area contributed by atoms with Gasteiger partial charge in [-0.25, -0.2) is 4.79 Å². The van der Waals surface area contributed by atoms with E-state index in [9.17, 15) is 4.79 Å². The Kier molecular flexibility index (Phi) is 6.75. The summed E-state index contributed by atoms with van der Waals surface area (Å²) >= 11 is 15.2. The molecule has 2 rings (SSSR count). The fourth-order valence-corrected chi connectivity index (χ4v) is 2.73. The second-order valence-electron chi connectivity index (χ2n) is 4.81. The lowest BCUT2D eigenvalue weighted by molar-refractivity contribution is 0.0734. The Bertz CT molecular complexity index is 704. The van der Waals surface area contributed by atoms with Crippen molar-refractivity contribution in [1.82, 2.24) is 0 Å². The van der Waals surface area contributed by atoms with Gasteiger partial charge < -0.3 is 9.47 Å². The fraction of sp³-hybridized carbons (Fsp3) is 0.235. The Hall–Kier alpha value is -1.23. The van der Waals surface area contributed by atoms with Crippen LogP contribution in [0.4, 0.5) is 0 Å². The lowest BCUT2D eigenvalue weighted by Crippen LogP contribution is -2.09. The molecule has 0 bridgehead atoms. The molecular weight excluding hydrogens is 403 g/mol. The van der Waals surface area contributed by atoms with Gasteiger partial charge >= 0.3 is 5.97 Å². The van der Waals surface area contributed by atoms with E-state index in [0.717, 1.165) is 12.8 Å². The number of esters is 1. The zero-order valence-corrected chi connectivity index (χ0v) is 15.5. The van der Waals surface area contributed by atoms with Crippen molar-refractivity contribution in [2.24, 2.45) is 0 Å². The van der Waals surface area contributed by atoms with E-state index in [0.29, 0.717) is 27.4 Å². The molecule has 6 heteroatoms. The van der Waals surface area contributed by atoms with Gasteiger partial charge in [-0.1, -0.05) is 36.5 Å². The molecular formula is C17H15BrCl2O3. The predicted molar refractivity (Wildman–Crippen MR) is 96.0 cm³/mol. The standard InChI is InChI=1S/C17H15BrCl2O3/c1-2-3-8-22-15-6-4-11(9-13(15)18)17(21)23-16-7-5-12(19)10-14(16)20/h4-7,9-10H,2-3,8H2,1H3. The van der Waals surface area contributed by atoms with Gasteiger partial charge in [-0.2, -0.15) is 0 Å². The first kappa shape index (κ1) is 18.1. The first-order valence-electron chi connectivity index (χ1n) is 7.11. The van der Waals surface area contributed by atoms with Crippen molar-refractivity contribution in [3.63, 3.8) is 0 Å². The van der Waals surface area contributed by atoms with E-state index in [1.807, 2.05) is 0 Å². The summed E-state index contributed by atoms with van der Waals surface area (Å²) in [6, 6.07) is 9.73. The summed E-state index contributed by atoms with van der Waals surface area (Å²) in [4.78, 5) is 12.2. The Morgan fingerprint density at radius 3 is 2.52 bits per heavy atom. The van der Waals surface area contributed by atoms with E-state index in [4.69, 9.17) is 32.7 Å². The lowest BCUT2D eigenvalue weighted by atomic mass is 10.2. The molecule has 0 aliphatic rings. The number of hydrogen-bond donors (Lipinski definition) is 0. The van der Waals surface area contributed by atoms with Crippen LogP contribution in [-0.2, 0) is 0 Å². The third-order valence-electron chi connectivity index (χ3n) is 3.02. The third-order valence-corrected chi connectivity index (χ3v) is 4.17. The number of carbonyl (C=O) groups excluding carboxylic acids is 1. The zero-order valence-electron chi connectivity index (χ0n) is 12.4. The Labute approximate surface area is 153 Å². The van der Waals surface area contributed by atoms with Crippen LogP contribution < -0.4 is 9.47 Å². The molecule has 0 aliphatic carbocycles. The number of halogens is 3. The average molecular weight is 418 g/mol. The highest BCUT2D eigenvalue weighted by molar-refractivity contribution is 9.10. The quantitative estimate of drug-likeness (QED) is 0.321. The molecule has 0 N–H and O–H groups in total. The van der Waals surface area contributed by atoms with Gasteiger partial charge in [-0.3, -0.25) is 0 Å². The molecule has 3 nitrogen and oxygen atoms in total. The molecule has 0 saturated heterocycles. The summed E-state index contributed by atoms with van der Waals surface area (Å²) in [5.74, 6) is 0.454. The second kappa shape index (κ2) is 8.57. The highest BCUT2D eigenvalue weighted by Crippen LogP contribution is 2.30.